The zero-order valence-electron chi connectivity index (χ0n) is 13.3. The highest BCUT2D eigenvalue weighted by atomic mass is 16.5. The number of hydrogen-bond acceptors (Lipinski definition) is 4. The molecule has 2 aliphatic rings. The fraction of sp³-hybridized carbons (Fsp3) is 0.500. The Morgan fingerprint density at radius 1 is 1.22 bits per heavy atom. The Labute approximate surface area is 136 Å². The van der Waals surface area contributed by atoms with Gasteiger partial charge in [0.25, 0.3) is 0 Å². The van der Waals surface area contributed by atoms with E-state index in [0.717, 1.165) is 44.8 Å². The summed E-state index contributed by atoms with van der Waals surface area (Å²) in [5.74, 6) is 1.68. The number of aliphatic hydroxyl groups is 1. The number of benzene rings is 1. The summed E-state index contributed by atoms with van der Waals surface area (Å²) in [4.78, 5) is 2.50. The Kier molecular flexibility index (Phi) is 4.06. The van der Waals surface area contributed by atoms with Gasteiger partial charge in [0.15, 0.2) is 0 Å². The lowest BCUT2D eigenvalue weighted by Crippen LogP contribution is -2.27. The summed E-state index contributed by atoms with van der Waals surface area (Å²) in [6, 6.07) is 8.40. The number of ether oxygens (including phenoxy) is 1. The minimum Gasteiger partial charge on any atom is -0.493 e. The van der Waals surface area contributed by atoms with E-state index in [1.165, 1.54) is 16.8 Å². The average Bonchev–Trinajstić information content (AvgIpc) is 3.03. The van der Waals surface area contributed by atoms with Crippen molar-refractivity contribution in [3.63, 3.8) is 0 Å². The van der Waals surface area contributed by atoms with Gasteiger partial charge in [0.1, 0.15) is 5.75 Å². The SMILES string of the molecule is OCCn1ncc2c1CN(C[C@H]1CCOc3ccccc3C1)C2. The zero-order valence-corrected chi connectivity index (χ0v) is 13.3. The first-order chi connectivity index (χ1) is 11.3. The molecule has 0 saturated carbocycles. The highest BCUT2D eigenvalue weighted by molar-refractivity contribution is 5.34. The Morgan fingerprint density at radius 2 is 2.13 bits per heavy atom. The predicted octanol–water partition coefficient (Wildman–Crippen LogP) is 1.83. The van der Waals surface area contributed by atoms with Gasteiger partial charge in [-0.25, -0.2) is 0 Å². The molecule has 0 aliphatic carbocycles. The van der Waals surface area contributed by atoms with Crippen LogP contribution >= 0.6 is 0 Å². The fourth-order valence-corrected chi connectivity index (χ4v) is 3.77. The van der Waals surface area contributed by atoms with E-state index in [1.807, 2.05) is 16.9 Å². The summed E-state index contributed by atoms with van der Waals surface area (Å²) in [5.41, 5.74) is 3.91. The van der Waals surface area contributed by atoms with E-state index < -0.39 is 0 Å². The number of para-hydroxylation sites is 1. The van der Waals surface area contributed by atoms with Crippen LogP contribution in [0.1, 0.15) is 23.2 Å². The molecule has 1 aromatic carbocycles. The summed E-state index contributed by atoms with van der Waals surface area (Å²) in [6.45, 7) is 4.54. The molecular formula is C18H23N3O2. The van der Waals surface area contributed by atoms with Gasteiger partial charge in [0.05, 0.1) is 31.6 Å². The molecule has 5 nitrogen and oxygen atoms in total. The highest BCUT2D eigenvalue weighted by Gasteiger charge is 2.26. The van der Waals surface area contributed by atoms with Crippen LogP contribution in [0.3, 0.4) is 0 Å². The van der Waals surface area contributed by atoms with Crippen molar-refractivity contribution in [2.75, 3.05) is 19.8 Å². The van der Waals surface area contributed by atoms with Crippen molar-refractivity contribution in [2.45, 2.75) is 32.5 Å². The van der Waals surface area contributed by atoms with Crippen molar-refractivity contribution >= 4 is 0 Å². The van der Waals surface area contributed by atoms with Crippen LogP contribution in [-0.2, 0) is 26.1 Å². The first kappa shape index (κ1) is 14.7. The van der Waals surface area contributed by atoms with Gasteiger partial charge < -0.3 is 9.84 Å². The molecule has 1 aromatic heterocycles. The molecule has 3 heterocycles. The Bertz CT molecular complexity index is 683. The smallest absolute Gasteiger partial charge is 0.122 e. The normalized spacial score (nSPS) is 20.7. The van der Waals surface area contributed by atoms with Crippen molar-refractivity contribution in [3.05, 3.63) is 47.3 Å². The third kappa shape index (κ3) is 2.99. The number of fused-ring (bicyclic) bond motifs is 2. The maximum atomic E-state index is 9.13. The second-order valence-corrected chi connectivity index (χ2v) is 6.55. The van der Waals surface area contributed by atoms with Gasteiger partial charge in [-0.05, 0) is 30.4 Å². The highest BCUT2D eigenvalue weighted by Crippen LogP contribution is 2.29. The van der Waals surface area contributed by atoms with E-state index in [9.17, 15) is 0 Å². The van der Waals surface area contributed by atoms with E-state index in [-0.39, 0.29) is 6.61 Å². The molecule has 0 spiro atoms. The predicted molar refractivity (Wildman–Crippen MR) is 87.2 cm³/mol. The van der Waals surface area contributed by atoms with Crippen molar-refractivity contribution in [2.24, 2.45) is 5.92 Å². The van der Waals surface area contributed by atoms with Crippen molar-refractivity contribution in [1.82, 2.24) is 14.7 Å². The van der Waals surface area contributed by atoms with Crippen LogP contribution in [0.5, 0.6) is 5.75 Å². The molecule has 23 heavy (non-hydrogen) atoms. The van der Waals surface area contributed by atoms with Gasteiger partial charge in [0, 0.05) is 25.2 Å². The van der Waals surface area contributed by atoms with Crippen LogP contribution in [-0.4, -0.2) is 39.5 Å². The zero-order chi connectivity index (χ0) is 15.6. The largest absolute Gasteiger partial charge is 0.493 e. The monoisotopic (exact) mass is 313 g/mol. The lowest BCUT2D eigenvalue weighted by atomic mass is 9.96. The van der Waals surface area contributed by atoms with E-state index in [1.54, 1.807) is 0 Å². The fourth-order valence-electron chi connectivity index (χ4n) is 3.77. The van der Waals surface area contributed by atoms with Gasteiger partial charge in [0.2, 0.25) is 0 Å². The lowest BCUT2D eigenvalue weighted by Gasteiger charge is -2.22. The van der Waals surface area contributed by atoms with Crippen LogP contribution in [0.15, 0.2) is 30.5 Å². The molecule has 1 N–H and O–H groups in total. The van der Waals surface area contributed by atoms with Gasteiger partial charge >= 0.3 is 0 Å². The molecular weight excluding hydrogens is 290 g/mol. The first-order valence-electron chi connectivity index (χ1n) is 8.41. The van der Waals surface area contributed by atoms with Crippen molar-refractivity contribution < 1.29 is 9.84 Å². The summed E-state index contributed by atoms with van der Waals surface area (Å²) >= 11 is 0. The molecule has 0 fully saturated rings. The third-order valence-corrected chi connectivity index (χ3v) is 4.90. The minimum atomic E-state index is 0.144. The quantitative estimate of drug-likeness (QED) is 0.936. The number of hydrogen-bond donors (Lipinski definition) is 1. The third-order valence-electron chi connectivity index (χ3n) is 4.90. The van der Waals surface area contributed by atoms with Crippen LogP contribution in [0.2, 0.25) is 0 Å². The number of aromatic nitrogens is 2. The summed E-state index contributed by atoms with van der Waals surface area (Å²) in [5, 5.41) is 13.5. The number of nitrogens with zero attached hydrogens (tertiary/aromatic N) is 3. The van der Waals surface area contributed by atoms with Gasteiger partial charge in [-0.15, -0.1) is 0 Å². The number of aliphatic hydroxyl groups excluding tert-OH is 1. The van der Waals surface area contributed by atoms with Gasteiger partial charge in [-0.2, -0.15) is 5.10 Å². The molecule has 1 atom stereocenters. The molecule has 2 aromatic rings. The molecule has 0 bridgehead atoms. The van der Waals surface area contributed by atoms with Gasteiger partial charge in [-0.1, -0.05) is 18.2 Å². The molecule has 4 rings (SSSR count). The topological polar surface area (TPSA) is 50.5 Å². The molecule has 2 aliphatic heterocycles. The lowest BCUT2D eigenvalue weighted by molar-refractivity contribution is 0.206. The molecule has 0 radical (unpaired) electrons. The van der Waals surface area contributed by atoms with Crippen LogP contribution in [0.25, 0.3) is 0 Å². The first-order valence-corrected chi connectivity index (χ1v) is 8.41. The summed E-state index contributed by atoms with van der Waals surface area (Å²) in [7, 11) is 0. The molecule has 0 saturated heterocycles. The standard InChI is InChI=1S/C18H23N3O2/c22-7-6-21-17-13-20(12-16(17)10-19-21)11-14-5-8-23-18-4-2-1-3-15(18)9-14/h1-4,10,14,22H,5-9,11-13H2/t14-/m0/s1. The van der Waals surface area contributed by atoms with E-state index in [4.69, 9.17) is 9.84 Å². The molecule has 5 heteroatoms. The maximum Gasteiger partial charge on any atom is 0.122 e. The summed E-state index contributed by atoms with van der Waals surface area (Å²) in [6.07, 6.45) is 4.15. The van der Waals surface area contributed by atoms with E-state index in [2.05, 4.69) is 28.2 Å². The van der Waals surface area contributed by atoms with Crippen LogP contribution in [0, 0.1) is 5.92 Å². The Balaban J connectivity index is 1.42. The van der Waals surface area contributed by atoms with E-state index >= 15 is 0 Å². The van der Waals surface area contributed by atoms with Gasteiger partial charge in [-0.3, -0.25) is 9.58 Å². The molecule has 0 unspecified atom stereocenters. The molecule has 122 valence electrons. The summed E-state index contributed by atoms with van der Waals surface area (Å²) < 4.78 is 7.83. The average molecular weight is 313 g/mol. The van der Waals surface area contributed by atoms with Crippen LogP contribution < -0.4 is 4.74 Å². The number of rotatable bonds is 4. The Hall–Kier alpha value is -1.85. The second-order valence-electron chi connectivity index (χ2n) is 6.55. The van der Waals surface area contributed by atoms with Crippen molar-refractivity contribution in [3.8, 4) is 5.75 Å². The maximum absolute atomic E-state index is 9.13. The molecule has 0 amide bonds. The van der Waals surface area contributed by atoms with Crippen LogP contribution in [0.4, 0.5) is 0 Å². The van der Waals surface area contributed by atoms with Crippen molar-refractivity contribution in [1.29, 1.82) is 0 Å². The van der Waals surface area contributed by atoms with E-state index in [0.29, 0.717) is 12.5 Å². The second kappa shape index (κ2) is 6.34. The minimum absolute atomic E-state index is 0.144. The Morgan fingerprint density at radius 3 is 3.04 bits per heavy atom.